The van der Waals surface area contributed by atoms with Gasteiger partial charge >= 0.3 is 6.03 Å². The molecule has 6 nitrogen and oxygen atoms in total. The highest BCUT2D eigenvalue weighted by Crippen LogP contribution is 2.49. The molecule has 6 heteroatoms. The minimum Gasteiger partial charge on any atom is -0.347 e. The van der Waals surface area contributed by atoms with Crippen LogP contribution >= 0.6 is 0 Å². The van der Waals surface area contributed by atoms with Crippen LogP contribution in [0, 0.1) is 17.8 Å². The lowest BCUT2D eigenvalue weighted by Crippen LogP contribution is -2.45. The second kappa shape index (κ2) is 6.95. The maximum Gasteiger partial charge on any atom is 0.317 e. The van der Waals surface area contributed by atoms with Crippen molar-refractivity contribution in [2.45, 2.75) is 45.2 Å². The standard InChI is InChI=1S/C18H29N5O/c1-12(16-8-13-5-6-15(16)7-13)21-18(24)23(4)11-14-9-19-17(20-10-14)22(2)3/h9-10,12-13,15-16H,5-8,11H2,1-4H3,(H,21,24)/t12-,13-,15-,16-/m0/s1. The van der Waals surface area contributed by atoms with Gasteiger partial charge in [-0.25, -0.2) is 14.8 Å². The van der Waals surface area contributed by atoms with Crippen LogP contribution in [0.5, 0.6) is 0 Å². The Kier molecular flexibility index (Phi) is 4.92. The quantitative estimate of drug-likeness (QED) is 0.900. The summed E-state index contributed by atoms with van der Waals surface area (Å²) in [5, 5.41) is 3.19. The Labute approximate surface area is 144 Å². The van der Waals surface area contributed by atoms with Gasteiger partial charge in [-0.1, -0.05) is 6.42 Å². The summed E-state index contributed by atoms with van der Waals surface area (Å²) < 4.78 is 0. The van der Waals surface area contributed by atoms with Crippen molar-refractivity contribution in [2.75, 3.05) is 26.0 Å². The van der Waals surface area contributed by atoms with Gasteiger partial charge in [-0.2, -0.15) is 0 Å². The van der Waals surface area contributed by atoms with Crippen molar-refractivity contribution < 1.29 is 4.79 Å². The Morgan fingerprint density at radius 1 is 1.25 bits per heavy atom. The average Bonchev–Trinajstić information content (AvgIpc) is 3.18. The van der Waals surface area contributed by atoms with E-state index < -0.39 is 0 Å². The number of hydrogen-bond acceptors (Lipinski definition) is 4. The van der Waals surface area contributed by atoms with Gasteiger partial charge in [0.25, 0.3) is 0 Å². The molecule has 0 spiro atoms. The molecule has 2 bridgehead atoms. The SMILES string of the molecule is C[C@H](NC(=O)N(C)Cc1cnc(N(C)C)nc1)[C@@H]1C[C@H]2CC[C@H]1C2. The summed E-state index contributed by atoms with van der Waals surface area (Å²) in [4.78, 5) is 24.6. The Bertz CT molecular complexity index is 573. The number of amides is 2. The molecule has 132 valence electrons. The molecule has 2 fully saturated rings. The molecule has 0 saturated heterocycles. The van der Waals surface area contributed by atoms with Crippen LogP contribution < -0.4 is 10.2 Å². The first-order valence-corrected chi connectivity index (χ1v) is 8.94. The lowest BCUT2D eigenvalue weighted by Gasteiger charge is -2.30. The zero-order valence-corrected chi connectivity index (χ0v) is 15.2. The topological polar surface area (TPSA) is 61.4 Å². The summed E-state index contributed by atoms with van der Waals surface area (Å²) >= 11 is 0. The zero-order chi connectivity index (χ0) is 17.3. The fraction of sp³-hybridized carbons (Fsp3) is 0.722. The van der Waals surface area contributed by atoms with Crippen LogP contribution in [0.4, 0.5) is 10.7 Å². The van der Waals surface area contributed by atoms with E-state index in [1.807, 2.05) is 26.0 Å². The fourth-order valence-corrected chi connectivity index (χ4v) is 4.32. The molecule has 1 N–H and O–H groups in total. The summed E-state index contributed by atoms with van der Waals surface area (Å²) in [5.41, 5.74) is 0.936. The van der Waals surface area contributed by atoms with Crippen molar-refractivity contribution in [1.82, 2.24) is 20.2 Å². The largest absolute Gasteiger partial charge is 0.347 e. The van der Waals surface area contributed by atoms with Gasteiger partial charge in [0.1, 0.15) is 0 Å². The molecule has 0 radical (unpaired) electrons. The molecule has 1 heterocycles. The van der Waals surface area contributed by atoms with Gasteiger partial charge in [-0.05, 0) is 43.9 Å². The van der Waals surface area contributed by atoms with Gasteiger partial charge in [-0.15, -0.1) is 0 Å². The van der Waals surface area contributed by atoms with E-state index in [1.165, 1.54) is 25.7 Å². The summed E-state index contributed by atoms with van der Waals surface area (Å²) in [6.07, 6.45) is 8.97. The fourth-order valence-electron chi connectivity index (χ4n) is 4.32. The number of fused-ring (bicyclic) bond motifs is 2. The van der Waals surface area contributed by atoms with Crippen LogP contribution in [-0.2, 0) is 6.54 Å². The molecule has 1 aromatic heterocycles. The normalized spacial score (nSPS) is 26.2. The van der Waals surface area contributed by atoms with E-state index in [-0.39, 0.29) is 12.1 Å². The number of nitrogens with one attached hydrogen (secondary N) is 1. The zero-order valence-electron chi connectivity index (χ0n) is 15.2. The lowest BCUT2D eigenvalue weighted by molar-refractivity contribution is 0.190. The maximum absolute atomic E-state index is 12.5. The molecular weight excluding hydrogens is 302 g/mol. The van der Waals surface area contributed by atoms with Gasteiger partial charge in [0.15, 0.2) is 0 Å². The Hall–Kier alpha value is -1.85. The Morgan fingerprint density at radius 3 is 2.50 bits per heavy atom. The molecule has 0 aromatic carbocycles. The van der Waals surface area contributed by atoms with Crippen molar-refractivity contribution in [2.24, 2.45) is 17.8 Å². The van der Waals surface area contributed by atoms with E-state index in [2.05, 4.69) is 22.2 Å². The highest BCUT2D eigenvalue weighted by molar-refractivity contribution is 5.74. The van der Waals surface area contributed by atoms with E-state index in [4.69, 9.17) is 0 Å². The van der Waals surface area contributed by atoms with Gasteiger partial charge in [-0.3, -0.25) is 0 Å². The van der Waals surface area contributed by atoms with Crippen molar-refractivity contribution in [3.63, 3.8) is 0 Å². The van der Waals surface area contributed by atoms with Gasteiger partial charge in [0.05, 0.1) is 6.54 Å². The number of rotatable bonds is 5. The number of anilines is 1. The minimum absolute atomic E-state index is 0.0121. The number of carbonyl (C=O) groups is 1. The molecule has 2 aliphatic rings. The predicted octanol–water partition coefficient (Wildman–Crippen LogP) is 2.51. The smallest absolute Gasteiger partial charge is 0.317 e. The van der Waals surface area contributed by atoms with E-state index >= 15 is 0 Å². The first kappa shape index (κ1) is 17.0. The van der Waals surface area contributed by atoms with Crippen molar-refractivity contribution in [3.05, 3.63) is 18.0 Å². The van der Waals surface area contributed by atoms with Gasteiger partial charge in [0, 0.05) is 45.1 Å². The van der Waals surface area contributed by atoms with E-state index in [0.717, 1.165) is 17.4 Å². The van der Waals surface area contributed by atoms with Crippen LogP contribution in [0.1, 0.15) is 38.2 Å². The highest BCUT2D eigenvalue weighted by atomic mass is 16.2. The number of urea groups is 1. The van der Waals surface area contributed by atoms with Crippen molar-refractivity contribution in [3.8, 4) is 0 Å². The van der Waals surface area contributed by atoms with E-state index in [0.29, 0.717) is 18.4 Å². The molecule has 4 atom stereocenters. The van der Waals surface area contributed by atoms with Crippen LogP contribution in [0.15, 0.2) is 12.4 Å². The average molecular weight is 331 g/mol. The van der Waals surface area contributed by atoms with Crippen LogP contribution in [0.2, 0.25) is 0 Å². The van der Waals surface area contributed by atoms with Crippen LogP contribution in [0.3, 0.4) is 0 Å². The molecule has 0 aliphatic heterocycles. The third-order valence-electron chi connectivity index (χ3n) is 5.64. The van der Waals surface area contributed by atoms with E-state index in [1.54, 1.807) is 17.3 Å². The van der Waals surface area contributed by atoms with E-state index in [9.17, 15) is 4.79 Å². The monoisotopic (exact) mass is 331 g/mol. The lowest BCUT2D eigenvalue weighted by atomic mass is 9.84. The second-order valence-electron chi connectivity index (χ2n) is 7.72. The van der Waals surface area contributed by atoms with Crippen LogP contribution in [0.25, 0.3) is 0 Å². The Balaban J connectivity index is 1.51. The minimum atomic E-state index is -0.0121. The van der Waals surface area contributed by atoms with Gasteiger partial charge in [0.2, 0.25) is 5.95 Å². The summed E-state index contributed by atoms with van der Waals surface area (Å²) in [6.45, 7) is 2.68. The summed E-state index contributed by atoms with van der Waals surface area (Å²) in [7, 11) is 5.64. The molecule has 24 heavy (non-hydrogen) atoms. The highest BCUT2D eigenvalue weighted by Gasteiger charge is 2.42. The third-order valence-corrected chi connectivity index (χ3v) is 5.64. The number of nitrogens with zero attached hydrogens (tertiary/aromatic N) is 4. The first-order chi connectivity index (χ1) is 11.4. The predicted molar refractivity (Wildman–Crippen MR) is 94.8 cm³/mol. The summed E-state index contributed by atoms with van der Waals surface area (Å²) in [6, 6.07) is 0.240. The number of carbonyl (C=O) groups excluding carboxylic acids is 1. The first-order valence-electron chi connectivity index (χ1n) is 8.94. The number of hydrogen-bond donors (Lipinski definition) is 1. The molecule has 3 rings (SSSR count). The molecule has 1 aromatic rings. The third kappa shape index (κ3) is 3.62. The van der Waals surface area contributed by atoms with Crippen molar-refractivity contribution in [1.29, 1.82) is 0 Å². The molecular formula is C18H29N5O. The molecule has 2 aliphatic carbocycles. The molecule has 0 unspecified atom stereocenters. The number of aromatic nitrogens is 2. The molecule has 2 amide bonds. The van der Waals surface area contributed by atoms with Crippen molar-refractivity contribution >= 4 is 12.0 Å². The summed E-state index contributed by atoms with van der Waals surface area (Å²) in [5.74, 6) is 3.06. The Morgan fingerprint density at radius 2 is 1.96 bits per heavy atom. The second-order valence-corrected chi connectivity index (χ2v) is 7.72. The maximum atomic E-state index is 12.5. The molecule has 2 saturated carbocycles. The van der Waals surface area contributed by atoms with Gasteiger partial charge < -0.3 is 15.1 Å². The van der Waals surface area contributed by atoms with Crippen LogP contribution in [-0.4, -0.2) is 48.1 Å².